The molecule has 0 radical (unpaired) electrons. The lowest BCUT2D eigenvalue weighted by atomic mass is 9.84. The van der Waals surface area contributed by atoms with Crippen molar-refractivity contribution in [1.82, 2.24) is 0 Å². The van der Waals surface area contributed by atoms with E-state index in [0.717, 1.165) is 24.4 Å². The van der Waals surface area contributed by atoms with Crippen LogP contribution in [0.1, 0.15) is 39.5 Å². The molecule has 1 aliphatic rings. The van der Waals surface area contributed by atoms with Crippen LogP contribution in [0.2, 0.25) is 0 Å². The summed E-state index contributed by atoms with van der Waals surface area (Å²) in [5.74, 6) is 1.29. The van der Waals surface area contributed by atoms with E-state index in [4.69, 9.17) is 0 Å². The summed E-state index contributed by atoms with van der Waals surface area (Å²) in [6, 6.07) is 0. The molecule has 0 N–H and O–H groups in total. The van der Waals surface area contributed by atoms with E-state index in [9.17, 15) is 4.79 Å². The minimum absolute atomic E-state index is 0.0536. The Balaban J connectivity index is 2.40. The van der Waals surface area contributed by atoms with E-state index in [0.29, 0.717) is 0 Å². The van der Waals surface area contributed by atoms with Crippen molar-refractivity contribution >= 4 is 18.0 Å². The second-order valence-electron chi connectivity index (χ2n) is 3.96. The van der Waals surface area contributed by atoms with Crippen molar-refractivity contribution in [2.45, 2.75) is 44.8 Å². The van der Waals surface area contributed by atoms with Gasteiger partial charge in [-0.25, -0.2) is 0 Å². The summed E-state index contributed by atoms with van der Waals surface area (Å²) in [7, 11) is 0. The third-order valence-electron chi connectivity index (χ3n) is 2.81. The van der Waals surface area contributed by atoms with E-state index in [1.807, 2.05) is 11.8 Å². The van der Waals surface area contributed by atoms with E-state index in [1.54, 1.807) is 0 Å². The Morgan fingerprint density at radius 3 is 2.83 bits per heavy atom. The van der Waals surface area contributed by atoms with Crippen molar-refractivity contribution in [2.24, 2.45) is 5.41 Å². The average molecular weight is 186 g/mol. The van der Waals surface area contributed by atoms with Gasteiger partial charge in [-0.05, 0) is 31.4 Å². The highest BCUT2D eigenvalue weighted by Crippen LogP contribution is 2.36. The minimum Gasteiger partial charge on any atom is -0.303 e. The molecule has 2 atom stereocenters. The van der Waals surface area contributed by atoms with Crippen LogP contribution in [0.15, 0.2) is 0 Å². The van der Waals surface area contributed by atoms with Gasteiger partial charge >= 0.3 is 0 Å². The molecule has 1 rings (SSSR count). The molecule has 1 heterocycles. The summed E-state index contributed by atoms with van der Waals surface area (Å²) < 4.78 is 0. The summed E-state index contributed by atoms with van der Waals surface area (Å²) in [4.78, 5) is 10.8. The van der Waals surface area contributed by atoms with Gasteiger partial charge < -0.3 is 4.79 Å². The first-order valence-corrected chi connectivity index (χ1v) is 5.83. The molecular formula is C10H18OS. The van der Waals surface area contributed by atoms with Crippen molar-refractivity contribution in [3.05, 3.63) is 0 Å². The number of hydrogen-bond donors (Lipinski definition) is 0. The Kier molecular flexibility index (Phi) is 3.63. The van der Waals surface area contributed by atoms with E-state index in [-0.39, 0.29) is 5.41 Å². The number of rotatable bonds is 4. The summed E-state index contributed by atoms with van der Waals surface area (Å²) in [5, 5.41) is 0.750. The summed E-state index contributed by atoms with van der Waals surface area (Å²) in [6.07, 6.45) is 5.86. The van der Waals surface area contributed by atoms with Gasteiger partial charge in [0, 0.05) is 10.7 Å². The third kappa shape index (κ3) is 2.51. The number of thioether (sulfide) groups is 1. The molecule has 1 fully saturated rings. The Labute approximate surface area is 79.3 Å². The molecule has 1 aliphatic heterocycles. The highest BCUT2D eigenvalue weighted by atomic mass is 32.2. The van der Waals surface area contributed by atoms with Crippen LogP contribution in [-0.4, -0.2) is 17.3 Å². The van der Waals surface area contributed by atoms with Crippen LogP contribution >= 0.6 is 11.8 Å². The predicted molar refractivity (Wildman–Crippen MR) is 54.6 cm³/mol. The van der Waals surface area contributed by atoms with Crippen LogP contribution in [0.3, 0.4) is 0 Å². The molecule has 0 spiro atoms. The molecule has 2 heteroatoms. The van der Waals surface area contributed by atoms with Gasteiger partial charge in [0.25, 0.3) is 0 Å². The zero-order chi connectivity index (χ0) is 9.03. The number of carbonyl (C=O) groups excluding carboxylic acids is 1. The van der Waals surface area contributed by atoms with Gasteiger partial charge in [0.2, 0.25) is 0 Å². The summed E-state index contributed by atoms with van der Waals surface area (Å²) >= 11 is 2.04. The number of aldehydes is 1. The van der Waals surface area contributed by atoms with E-state index >= 15 is 0 Å². The molecule has 2 unspecified atom stereocenters. The van der Waals surface area contributed by atoms with Gasteiger partial charge in [0.05, 0.1) is 0 Å². The van der Waals surface area contributed by atoms with Crippen LogP contribution in [-0.2, 0) is 4.79 Å². The molecule has 1 nitrogen and oxygen atoms in total. The van der Waals surface area contributed by atoms with Gasteiger partial charge in [0.1, 0.15) is 6.29 Å². The van der Waals surface area contributed by atoms with E-state index in [1.165, 1.54) is 18.6 Å². The first-order valence-electron chi connectivity index (χ1n) is 4.78. The molecule has 1 saturated heterocycles. The van der Waals surface area contributed by atoms with Crippen molar-refractivity contribution in [3.8, 4) is 0 Å². The second kappa shape index (κ2) is 4.31. The molecule has 0 bridgehead atoms. The maximum absolute atomic E-state index is 10.8. The van der Waals surface area contributed by atoms with Crippen molar-refractivity contribution < 1.29 is 4.79 Å². The first kappa shape index (κ1) is 10.1. The first-order chi connectivity index (χ1) is 5.70. The van der Waals surface area contributed by atoms with Gasteiger partial charge in [-0.15, -0.1) is 0 Å². The monoisotopic (exact) mass is 186 g/mol. The van der Waals surface area contributed by atoms with Gasteiger partial charge in [0.15, 0.2) is 0 Å². The maximum atomic E-state index is 10.8. The Bertz CT molecular complexity index is 152. The Morgan fingerprint density at radius 1 is 1.67 bits per heavy atom. The number of hydrogen-bond acceptors (Lipinski definition) is 2. The molecule has 12 heavy (non-hydrogen) atoms. The average Bonchev–Trinajstić information content (AvgIpc) is 2.57. The zero-order valence-electron chi connectivity index (χ0n) is 8.01. The highest BCUT2D eigenvalue weighted by molar-refractivity contribution is 8.00. The SMILES string of the molecule is CCC(C)(C=O)CC1CCCS1. The van der Waals surface area contributed by atoms with E-state index in [2.05, 4.69) is 13.8 Å². The van der Waals surface area contributed by atoms with Gasteiger partial charge in [-0.2, -0.15) is 11.8 Å². The van der Waals surface area contributed by atoms with Crippen LogP contribution in [0.4, 0.5) is 0 Å². The topological polar surface area (TPSA) is 17.1 Å². The third-order valence-corrected chi connectivity index (χ3v) is 4.21. The van der Waals surface area contributed by atoms with E-state index < -0.39 is 0 Å². The van der Waals surface area contributed by atoms with Crippen LogP contribution in [0.25, 0.3) is 0 Å². The van der Waals surface area contributed by atoms with Crippen LogP contribution < -0.4 is 0 Å². The molecule has 0 saturated carbocycles. The smallest absolute Gasteiger partial charge is 0.125 e. The quantitative estimate of drug-likeness (QED) is 0.628. The fourth-order valence-electron chi connectivity index (χ4n) is 1.60. The summed E-state index contributed by atoms with van der Waals surface area (Å²) in [5.41, 5.74) is -0.0536. The standard InChI is InChI=1S/C10H18OS/c1-3-10(2,8-11)7-9-5-4-6-12-9/h8-9H,3-7H2,1-2H3. The molecule has 0 amide bonds. The largest absolute Gasteiger partial charge is 0.303 e. The molecule has 0 aromatic rings. The van der Waals surface area contributed by atoms with Crippen LogP contribution in [0, 0.1) is 5.41 Å². The van der Waals surface area contributed by atoms with Crippen LogP contribution in [0.5, 0.6) is 0 Å². The maximum Gasteiger partial charge on any atom is 0.125 e. The Morgan fingerprint density at radius 2 is 2.42 bits per heavy atom. The van der Waals surface area contributed by atoms with Crippen molar-refractivity contribution in [2.75, 3.05) is 5.75 Å². The lowest BCUT2D eigenvalue weighted by Gasteiger charge is -2.24. The minimum atomic E-state index is -0.0536. The number of carbonyl (C=O) groups is 1. The molecular weight excluding hydrogens is 168 g/mol. The lowest BCUT2D eigenvalue weighted by molar-refractivity contribution is -0.115. The fourth-order valence-corrected chi connectivity index (χ4v) is 3.10. The zero-order valence-corrected chi connectivity index (χ0v) is 8.82. The van der Waals surface area contributed by atoms with Gasteiger partial charge in [-0.3, -0.25) is 0 Å². The fraction of sp³-hybridized carbons (Fsp3) is 0.900. The Hall–Kier alpha value is 0.0200. The normalized spacial score (nSPS) is 28.3. The molecule has 0 aliphatic carbocycles. The van der Waals surface area contributed by atoms with Gasteiger partial charge in [-0.1, -0.05) is 13.8 Å². The molecule has 0 aromatic carbocycles. The van der Waals surface area contributed by atoms with Crippen molar-refractivity contribution in [3.63, 3.8) is 0 Å². The highest BCUT2D eigenvalue weighted by Gasteiger charge is 2.27. The van der Waals surface area contributed by atoms with Crippen molar-refractivity contribution in [1.29, 1.82) is 0 Å². The summed E-state index contributed by atoms with van der Waals surface area (Å²) in [6.45, 7) is 4.19. The lowest BCUT2D eigenvalue weighted by Crippen LogP contribution is -2.21. The molecule has 0 aromatic heterocycles. The predicted octanol–water partition coefficient (Wildman–Crippen LogP) is 2.89. The second-order valence-corrected chi connectivity index (χ2v) is 5.37. The molecule has 70 valence electrons.